The Bertz CT molecular complexity index is 757. The third-order valence-corrected chi connectivity index (χ3v) is 7.25. The largest absolute Gasteiger partial charge is 0.393 e. The van der Waals surface area contributed by atoms with E-state index in [1.165, 1.54) is 28.7 Å². The Hall–Kier alpha value is -1.03. The van der Waals surface area contributed by atoms with Gasteiger partial charge in [-0.1, -0.05) is 18.2 Å². The molecular weight excluding hydrogens is 320 g/mol. The van der Waals surface area contributed by atoms with Gasteiger partial charge in [0.2, 0.25) is 0 Å². The van der Waals surface area contributed by atoms with Crippen molar-refractivity contribution in [2.75, 3.05) is 19.0 Å². The fourth-order valence-electron chi connectivity index (χ4n) is 5.67. The monoisotopic (exact) mass is 344 g/mol. The summed E-state index contributed by atoms with van der Waals surface area (Å²) >= 11 is 6.25. The minimum Gasteiger partial charge on any atom is -0.393 e. The lowest BCUT2D eigenvalue weighted by Gasteiger charge is -2.51. The predicted molar refractivity (Wildman–Crippen MR) is 97.4 cm³/mol. The van der Waals surface area contributed by atoms with Crippen LogP contribution in [-0.4, -0.2) is 40.1 Å². The van der Waals surface area contributed by atoms with E-state index in [0.29, 0.717) is 23.8 Å². The molecule has 2 fully saturated rings. The smallest absolute Gasteiger partial charge is 0.0582 e. The summed E-state index contributed by atoms with van der Waals surface area (Å²) in [7, 11) is 0. The number of H-pyrrole nitrogens is 1. The first-order valence-electron chi connectivity index (χ1n) is 9.34. The summed E-state index contributed by atoms with van der Waals surface area (Å²) in [6, 6.07) is 9.16. The number of aromatic nitrogens is 1. The molecule has 0 spiro atoms. The van der Waals surface area contributed by atoms with E-state index in [1.54, 1.807) is 0 Å². The van der Waals surface area contributed by atoms with Gasteiger partial charge in [0.1, 0.15) is 0 Å². The van der Waals surface area contributed by atoms with Gasteiger partial charge < -0.3 is 10.1 Å². The fourth-order valence-corrected chi connectivity index (χ4v) is 6.11. The molecule has 3 aliphatic rings. The number of para-hydroxylation sites is 1. The van der Waals surface area contributed by atoms with Gasteiger partial charge in [-0.2, -0.15) is 0 Å². The first-order chi connectivity index (χ1) is 11.8. The third kappa shape index (κ3) is 2.18. The van der Waals surface area contributed by atoms with Crippen molar-refractivity contribution in [1.82, 2.24) is 9.88 Å². The molecule has 0 radical (unpaired) electrons. The molecule has 0 bridgehead atoms. The summed E-state index contributed by atoms with van der Waals surface area (Å²) in [5, 5.41) is 11.8. The standard InChI is InChI=1S/C20H25ClN2O/c21-10-16-15-9-18-20-14(13-3-1-2-4-17(13)22-20)7-8-23(18)11-12(15)5-6-19(16)24/h1-4,12,15-16,18-19,22,24H,5-11H2/t12-,15-,16+,18-,19-/m0/s1. The molecule has 0 amide bonds. The van der Waals surface area contributed by atoms with Crippen LogP contribution in [0.15, 0.2) is 24.3 Å². The molecule has 3 heterocycles. The Morgan fingerprint density at radius 3 is 3.00 bits per heavy atom. The van der Waals surface area contributed by atoms with E-state index in [2.05, 4.69) is 34.1 Å². The van der Waals surface area contributed by atoms with Gasteiger partial charge in [0.15, 0.2) is 0 Å². The van der Waals surface area contributed by atoms with Crippen LogP contribution in [0, 0.1) is 17.8 Å². The molecule has 3 nitrogen and oxygen atoms in total. The second-order valence-corrected chi connectivity index (χ2v) is 8.25. The minimum absolute atomic E-state index is 0.207. The molecular formula is C20H25ClN2O. The van der Waals surface area contributed by atoms with Crippen molar-refractivity contribution in [3.63, 3.8) is 0 Å². The van der Waals surface area contributed by atoms with E-state index in [-0.39, 0.29) is 12.0 Å². The lowest BCUT2D eigenvalue weighted by Crippen LogP contribution is -2.51. The van der Waals surface area contributed by atoms with E-state index in [1.807, 2.05) is 0 Å². The highest BCUT2D eigenvalue weighted by Gasteiger charge is 2.46. The maximum Gasteiger partial charge on any atom is 0.0582 e. The number of alkyl halides is 1. The fraction of sp³-hybridized carbons (Fsp3) is 0.600. The second kappa shape index (κ2) is 5.76. The summed E-state index contributed by atoms with van der Waals surface area (Å²) in [5.74, 6) is 2.13. The average Bonchev–Trinajstić information content (AvgIpc) is 2.99. The van der Waals surface area contributed by atoms with Gasteiger partial charge in [0.05, 0.1) is 12.1 Å². The van der Waals surface area contributed by atoms with E-state index >= 15 is 0 Å². The Labute approximate surface area is 148 Å². The van der Waals surface area contributed by atoms with Crippen LogP contribution in [0.2, 0.25) is 0 Å². The second-order valence-electron chi connectivity index (χ2n) is 7.95. The van der Waals surface area contributed by atoms with Crippen LogP contribution in [-0.2, 0) is 6.42 Å². The SMILES string of the molecule is O[C@H]1CC[C@H]2CN3CCc4c([nH]c5ccccc45)[C@@H]3C[C@@H]2[C@H]1CCl. The van der Waals surface area contributed by atoms with Crippen LogP contribution in [0.5, 0.6) is 0 Å². The predicted octanol–water partition coefficient (Wildman–Crippen LogP) is 3.71. The van der Waals surface area contributed by atoms with Gasteiger partial charge in [-0.3, -0.25) is 4.90 Å². The topological polar surface area (TPSA) is 39.3 Å². The van der Waals surface area contributed by atoms with Crippen molar-refractivity contribution in [2.24, 2.45) is 17.8 Å². The molecule has 1 aliphatic carbocycles. The quantitative estimate of drug-likeness (QED) is 0.774. The minimum atomic E-state index is -0.207. The molecule has 2 aliphatic heterocycles. The van der Waals surface area contributed by atoms with Crippen LogP contribution in [0.25, 0.3) is 10.9 Å². The number of piperidine rings is 1. The van der Waals surface area contributed by atoms with Crippen molar-refractivity contribution in [3.05, 3.63) is 35.5 Å². The molecule has 1 aromatic heterocycles. The Morgan fingerprint density at radius 1 is 1.25 bits per heavy atom. The average molecular weight is 345 g/mol. The van der Waals surface area contributed by atoms with Crippen molar-refractivity contribution in [3.8, 4) is 0 Å². The van der Waals surface area contributed by atoms with Gasteiger partial charge >= 0.3 is 0 Å². The van der Waals surface area contributed by atoms with Gasteiger partial charge in [0.25, 0.3) is 0 Å². The molecule has 1 saturated heterocycles. The number of benzene rings is 1. The highest BCUT2D eigenvalue weighted by Crippen LogP contribution is 2.49. The Morgan fingerprint density at radius 2 is 2.12 bits per heavy atom. The lowest BCUT2D eigenvalue weighted by molar-refractivity contribution is -0.0479. The molecule has 2 N–H and O–H groups in total. The van der Waals surface area contributed by atoms with Gasteiger partial charge in [-0.15, -0.1) is 11.6 Å². The maximum atomic E-state index is 10.4. The summed E-state index contributed by atoms with van der Waals surface area (Å²) in [6.07, 6.45) is 4.16. The number of hydrogen-bond acceptors (Lipinski definition) is 2. The Balaban J connectivity index is 1.53. The zero-order valence-corrected chi connectivity index (χ0v) is 14.7. The van der Waals surface area contributed by atoms with Crippen LogP contribution in [0.1, 0.15) is 36.6 Å². The number of nitrogens with zero attached hydrogens (tertiary/aromatic N) is 1. The van der Waals surface area contributed by atoms with Gasteiger partial charge in [-0.05, 0) is 49.1 Å². The summed E-state index contributed by atoms with van der Waals surface area (Å²) in [5.41, 5.74) is 4.21. The Kier molecular flexibility index (Phi) is 3.66. The van der Waals surface area contributed by atoms with Crippen LogP contribution < -0.4 is 0 Å². The van der Waals surface area contributed by atoms with Gasteiger partial charge in [0, 0.05) is 41.5 Å². The van der Waals surface area contributed by atoms with Crippen molar-refractivity contribution < 1.29 is 5.11 Å². The molecule has 2 aromatic rings. The van der Waals surface area contributed by atoms with Crippen molar-refractivity contribution in [2.45, 2.75) is 37.8 Å². The van der Waals surface area contributed by atoms with Crippen molar-refractivity contribution >= 4 is 22.5 Å². The number of halogens is 1. The molecule has 24 heavy (non-hydrogen) atoms. The highest BCUT2D eigenvalue weighted by atomic mass is 35.5. The van der Waals surface area contributed by atoms with Gasteiger partial charge in [-0.25, -0.2) is 0 Å². The summed E-state index contributed by atoms with van der Waals surface area (Å²) in [6.45, 7) is 2.33. The zero-order valence-electron chi connectivity index (χ0n) is 13.9. The number of hydrogen-bond donors (Lipinski definition) is 2. The molecule has 1 saturated carbocycles. The molecule has 0 unspecified atom stereocenters. The molecule has 1 aromatic carbocycles. The number of nitrogens with one attached hydrogen (secondary N) is 1. The molecule has 4 heteroatoms. The summed E-state index contributed by atoms with van der Waals surface area (Å²) in [4.78, 5) is 6.40. The van der Waals surface area contributed by atoms with Crippen molar-refractivity contribution in [1.29, 1.82) is 0 Å². The maximum absolute atomic E-state index is 10.4. The number of fused-ring (bicyclic) bond motifs is 6. The first-order valence-corrected chi connectivity index (χ1v) is 9.87. The first kappa shape index (κ1) is 15.2. The number of aliphatic hydroxyl groups excluding tert-OH is 1. The number of aromatic amines is 1. The van der Waals surface area contributed by atoms with Crippen LogP contribution >= 0.6 is 11.6 Å². The van der Waals surface area contributed by atoms with Crippen LogP contribution in [0.3, 0.4) is 0 Å². The van der Waals surface area contributed by atoms with E-state index in [4.69, 9.17) is 11.6 Å². The number of aliphatic hydroxyl groups is 1. The third-order valence-electron chi connectivity index (χ3n) is 6.90. The van der Waals surface area contributed by atoms with E-state index in [9.17, 15) is 5.11 Å². The highest BCUT2D eigenvalue weighted by molar-refractivity contribution is 6.18. The lowest BCUT2D eigenvalue weighted by atomic mass is 9.65. The summed E-state index contributed by atoms with van der Waals surface area (Å²) < 4.78 is 0. The zero-order chi connectivity index (χ0) is 16.3. The number of rotatable bonds is 1. The van der Waals surface area contributed by atoms with Crippen LogP contribution in [0.4, 0.5) is 0 Å². The molecule has 5 atom stereocenters. The normalized spacial score (nSPS) is 36.2. The molecule has 5 rings (SSSR count). The van der Waals surface area contributed by atoms with E-state index in [0.717, 1.165) is 32.2 Å². The van der Waals surface area contributed by atoms with E-state index < -0.39 is 0 Å². The molecule has 128 valence electrons.